The van der Waals surface area contributed by atoms with Crippen LogP contribution in [0.5, 0.6) is 5.75 Å². The summed E-state index contributed by atoms with van der Waals surface area (Å²) < 4.78 is 1.70. The molecule has 0 aliphatic heterocycles. The van der Waals surface area contributed by atoms with Crippen LogP contribution in [-0.4, -0.2) is 25.1 Å². The number of benzene rings is 1. The lowest BCUT2D eigenvalue weighted by atomic mass is 10.2. The molecule has 0 unspecified atom stereocenters. The zero-order chi connectivity index (χ0) is 13.8. The van der Waals surface area contributed by atoms with Gasteiger partial charge in [-0.2, -0.15) is 0 Å². The second-order valence-corrected chi connectivity index (χ2v) is 4.23. The molecular formula is C14H13N5O. The zero-order valence-electron chi connectivity index (χ0n) is 10.6. The van der Waals surface area contributed by atoms with Crippen molar-refractivity contribution in [3.63, 3.8) is 0 Å². The number of pyridine rings is 1. The quantitative estimate of drug-likeness (QED) is 0.756. The van der Waals surface area contributed by atoms with E-state index in [2.05, 4.69) is 20.6 Å². The van der Waals surface area contributed by atoms with E-state index < -0.39 is 0 Å². The van der Waals surface area contributed by atoms with E-state index in [1.807, 2.05) is 24.3 Å². The normalized spacial score (nSPS) is 10.4. The minimum Gasteiger partial charge on any atom is -0.506 e. The molecule has 2 aromatic heterocycles. The monoisotopic (exact) mass is 267 g/mol. The molecule has 0 amide bonds. The summed E-state index contributed by atoms with van der Waals surface area (Å²) in [5.74, 6) is 0.164. The lowest BCUT2D eigenvalue weighted by Crippen LogP contribution is -2.05. The number of hydrogen-bond acceptors (Lipinski definition) is 5. The van der Waals surface area contributed by atoms with Crippen molar-refractivity contribution in [2.75, 3.05) is 5.32 Å². The summed E-state index contributed by atoms with van der Waals surface area (Å²) >= 11 is 0. The number of hydrogen-bond donors (Lipinski definition) is 2. The Hall–Kier alpha value is -2.89. The minimum absolute atomic E-state index is 0.164. The van der Waals surface area contributed by atoms with Gasteiger partial charge in [0.15, 0.2) is 0 Å². The molecule has 2 N–H and O–H groups in total. The van der Waals surface area contributed by atoms with Crippen molar-refractivity contribution in [2.24, 2.45) is 0 Å². The third-order valence-electron chi connectivity index (χ3n) is 2.84. The van der Waals surface area contributed by atoms with E-state index in [9.17, 15) is 5.11 Å². The molecule has 20 heavy (non-hydrogen) atoms. The molecule has 0 aliphatic carbocycles. The highest BCUT2D eigenvalue weighted by molar-refractivity contribution is 5.60. The lowest BCUT2D eigenvalue weighted by molar-refractivity contribution is 0.472. The van der Waals surface area contributed by atoms with Crippen LogP contribution in [0.3, 0.4) is 0 Å². The van der Waals surface area contributed by atoms with Crippen LogP contribution >= 0.6 is 0 Å². The van der Waals surface area contributed by atoms with Gasteiger partial charge in [-0.1, -0.05) is 17.3 Å². The molecule has 0 bridgehead atoms. The van der Waals surface area contributed by atoms with Crippen molar-refractivity contribution in [3.8, 4) is 11.4 Å². The molecule has 1 aromatic carbocycles. The number of aromatic nitrogens is 4. The van der Waals surface area contributed by atoms with Crippen LogP contribution < -0.4 is 5.32 Å². The smallest absolute Gasteiger partial charge is 0.133 e. The molecular weight excluding hydrogens is 254 g/mol. The largest absolute Gasteiger partial charge is 0.506 e. The highest BCUT2D eigenvalue weighted by Gasteiger charge is 2.04. The Morgan fingerprint density at radius 2 is 2.05 bits per heavy atom. The van der Waals surface area contributed by atoms with Gasteiger partial charge in [0.1, 0.15) is 5.75 Å². The zero-order valence-corrected chi connectivity index (χ0v) is 10.6. The highest BCUT2D eigenvalue weighted by atomic mass is 16.3. The van der Waals surface area contributed by atoms with Crippen LogP contribution in [0.15, 0.2) is 55.0 Å². The van der Waals surface area contributed by atoms with Crippen LogP contribution in [0.2, 0.25) is 0 Å². The first-order valence-corrected chi connectivity index (χ1v) is 6.16. The number of rotatable bonds is 4. The molecule has 3 aromatic rings. The Bertz CT molecular complexity index is 679. The number of anilines is 1. The predicted octanol–water partition coefficient (Wildman–Crippen LogP) is 1.98. The number of aromatic hydroxyl groups is 1. The molecule has 6 nitrogen and oxygen atoms in total. The van der Waals surface area contributed by atoms with E-state index in [4.69, 9.17) is 0 Å². The van der Waals surface area contributed by atoms with Crippen LogP contribution in [0.4, 0.5) is 5.69 Å². The summed E-state index contributed by atoms with van der Waals surface area (Å²) in [5, 5.41) is 20.3. The van der Waals surface area contributed by atoms with E-state index in [1.54, 1.807) is 29.2 Å². The van der Waals surface area contributed by atoms with Crippen molar-refractivity contribution in [1.29, 1.82) is 0 Å². The van der Waals surface area contributed by atoms with Gasteiger partial charge in [-0.15, -0.1) is 5.10 Å². The van der Waals surface area contributed by atoms with Crippen molar-refractivity contribution in [1.82, 2.24) is 20.0 Å². The topological polar surface area (TPSA) is 75.9 Å². The van der Waals surface area contributed by atoms with Gasteiger partial charge >= 0.3 is 0 Å². The standard InChI is InChI=1S/C14H13N5O/c20-12-6-5-11(15-10-12)9-16-13-3-1-2-4-14(13)19-8-7-17-18-19/h1-8,10,16,20H,9H2. The Balaban J connectivity index is 1.79. The summed E-state index contributed by atoms with van der Waals surface area (Å²) in [6.07, 6.45) is 4.86. The molecule has 0 fully saturated rings. The third-order valence-corrected chi connectivity index (χ3v) is 2.84. The maximum Gasteiger partial charge on any atom is 0.133 e. The SMILES string of the molecule is Oc1ccc(CNc2ccccc2-n2ccnn2)nc1. The molecule has 6 heteroatoms. The van der Waals surface area contributed by atoms with Gasteiger partial charge in [0, 0.05) is 0 Å². The van der Waals surface area contributed by atoms with Gasteiger partial charge in [0.2, 0.25) is 0 Å². The Kier molecular flexibility index (Phi) is 3.28. The van der Waals surface area contributed by atoms with E-state index in [0.29, 0.717) is 6.54 Å². The van der Waals surface area contributed by atoms with Crippen molar-refractivity contribution in [3.05, 3.63) is 60.7 Å². The summed E-state index contributed by atoms with van der Waals surface area (Å²) in [6.45, 7) is 0.561. The number of para-hydroxylation sites is 2. The molecule has 0 spiro atoms. The van der Waals surface area contributed by atoms with Crippen LogP contribution in [0, 0.1) is 0 Å². The van der Waals surface area contributed by atoms with E-state index in [1.165, 1.54) is 6.20 Å². The Morgan fingerprint density at radius 1 is 1.15 bits per heavy atom. The van der Waals surface area contributed by atoms with Gasteiger partial charge in [-0.25, -0.2) is 4.68 Å². The maximum absolute atomic E-state index is 9.21. The van der Waals surface area contributed by atoms with Gasteiger partial charge in [-0.3, -0.25) is 4.98 Å². The third kappa shape index (κ3) is 2.59. The fourth-order valence-electron chi connectivity index (χ4n) is 1.87. The molecule has 2 heterocycles. The summed E-state index contributed by atoms with van der Waals surface area (Å²) in [7, 11) is 0. The van der Waals surface area contributed by atoms with Crippen LogP contribution in [-0.2, 0) is 6.54 Å². The van der Waals surface area contributed by atoms with Crippen molar-refractivity contribution >= 4 is 5.69 Å². The van der Waals surface area contributed by atoms with Gasteiger partial charge in [0.25, 0.3) is 0 Å². The van der Waals surface area contributed by atoms with E-state index >= 15 is 0 Å². The van der Waals surface area contributed by atoms with E-state index in [-0.39, 0.29) is 5.75 Å². The Labute approximate surface area is 115 Å². The van der Waals surface area contributed by atoms with Gasteiger partial charge in [0.05, 0.1) is 42.2 Å². The van der Waals surface area contributed by atoms with Crippen molar-refractivity contribution < 1.29 is 5.11 Å². The molecule has 100 valence electrons. The fourth-order valence-corrected chi connectivity index (χ4v) is 1.87. The number of nitrogens with zero attached hydrogens (tertiary/aromatic N) is 4. The van der Waals surface area contributed by atoms with Gasteiger partial charge in [-0.05, 0) is 24.3 Å². The van der Waals surface area contributed by atoms with Crippen LogP contribution in [0.1, 0.15) is 5.69 Å². The summed E-state index contributed by atoms with van der Waals surface area (Å²) in [5.41, 5.74) is 2.70. The van der Waals surface area contributed by atoms with Gasteiger partial charge < -0.3 is 10.4 Å². The fraction of sp³-hybridized carbons (Fsp3) is 0.0714. The van der Waals surface area contributed by atoms with Crippen molar-refractivity contribution in [2.45, 2.75) is 6.54 Å². The first-order valence-electron chi connectivity index (χ1n) is 6.16. The molecule has 3 rings (SSSR count). The highest BCUT2D eigenvalue weighted by Crippen LogP contribution is 2.19. The van der Waals surface area contributed by atoms with E-state index in [0.717, 1.165) is 17.1 Å². The predicted molar refractivity (Wildman–Crippen MR) is 74.6 cm³/mol. The summed E-state index contributed by atoms with van der Waals surface area (Å²) in [4.78, 5) is 4.14. The minimum atomic E-state index is 0.164. The number of nitrogens with one attached hydrogen (secondary N) is 1. The van der Waals surface area contributed by atoms with Crippen LogP contribution in [0.25, 0.3) is 5.69 Å². The second kappa shape index (κ2) is 5.40. The molecule has 0 atom stereocenters. The summed E-state index contributed by atoms with van der Waals surface area (Å²) in [6, 6.07) is 11.2. The molecule has 0 radical (unpaired) electrons. The second-order valence-electron chi connectivity index (χ2n) is 4.23. The maximum atomic E-state index is 9.21. The Morgan fingerprint density at radius 3 is 2.80 bits per heavy atom. The first kappa shape index (κ1) is 12.2. The average molecular weight is 267 g/mol. The molecule has 0 aliphatic rings. The molecule has 0 saturated heterocycles. The average Bonchev–Trinajstić information content (AvgIpc) is 3.01. The lowest BCUT2D eigenvalue weighted by Gasteiger charge is -2.11. The first-order chi connectivity index (χ1) is 9.83. The molecule has 0 saturated carbocycles.